The summed E-state index contributed by atoms with van der Waals surface area (Å²) < 4.78 is 5.46. The van der Waals surface area contributed by atoms with Crippen LogP contribution >= 0.6 is 11.3 Å². The van der Waals surface area contributed by atoms with Crippen LogP contribution in [0.5, 0.6) is 5.75 Å². The maximum absolute atomic E-state index is 12.8. The first kappa shape index (κ1) is 17.9. The number of rotatable bonds is 5. The van der Waals surface area contributed by atoms with E-state index >= 15 is 0 Å². The Labute approximate surface area is 166 Å². The standard InChI is InChI=1S/C22H17N3O2S/c1-27-21-11-5-3-9-17(21)20-13-18(16-8-2-4-10-19(16)24-20)22(26)25-23-14-15-7-6-12-28-15/h2-14H,1H3,(H,25,26). The lowest BCUT2D eigenvalue weighted by atomic mass is 10.0. The van der Waals surface area contributed by atoms with Crippen molar-refractivity contribution in [3.05, 3.63) is 82.6 Å². The SMILES string of the molecule is COc1ccccc1-c1cc(C(=O)NN=Cc2cccs2)c2ccccc2n1. The van der Waals surface area contributed by atoms with Crippen LogP contribution in [0.3, 0.4) is 0 Å². The summed E-state index contributed by atoms with van der Waals surface area (Å²) in [4.78, 5) is 18.5. The van der Waals surface area contributed by atoms with Gasteiger partial charge in [0.25, 0.3) is 5.91 Å². The molecule has 0 saturated heterocycles. The number of hydrogen-bond acceptors (Lipinski definition) is 5. The minimum atomic E-state index is -0.289. The largest absolute Gasteiger partial charge is 0.496 e. The Balaban J connectivity index is 1.75. The summed E-state index contributed by atoms with van der Waals surface area (Å²) in [6.07, 6.45) is 1.63. The molecule has 0 radical (unpaired) electrons. The monoisotopic (exact) mass is 387 g/mol. The average molecular weight is 387 g/mol. The Morgan fingerprint density at radius 2 is 1.93 bits per heavy atom. The van der Waals surface area contributed by atoms with Gasteiger partial charge in [-0.3, -0.25) is 4.79 Å². The number of ether oxygens (including phenoxy) is 1. The van der Waals surface area contributed by atoms with Gasteiger partial charge in [0.05, 0.1) is 30.1 Å². The molecule has 0 unspecified atom stereocenters. The first-order chi connectivity index (χ1) is 13.8. The lowest BCUT2D eigenvalue weighted by molar-refractivity contribution is 0.0956. The maximum atomic E-state index is 12.8. The Bertz CT molecular complexity index is 1150. The number of carbonyl (C=O) groups excluding carboxylic acids is 1. The number of fused-ring (bicyclic) bond motifs is 1. The van der Waals surface area contributed by atoms with Gasteiger partial charge in [-0.25, -0.2) is 10.4 Å². The van der Waals surface area contributed by atoms with Crippen molar-refractivity contribution in [1.29, 1.82) is 0 Å². The minimum Gasteiger partial charge on any atom is -0.496 e. The third kappa shape index (κ3) is 3.63. The zero-order chi connectivity index (χ0) is 19.3. The topological polar surface area (TPSA) is 63.6 Å². The molecule has 0 aliphatic rings. The van der Waals surface area contributed by atoms with Crippen molar-refractivity contribution < 1.29 is 9.53 Å². The number of benzene rings is 2. The summed E-state index contributed by atoms with van der Waals surface area (Å²) in [6.45, 7) is 0. The summed E-state index contributed by atoms with van der Waals surface area (Å²) in [6, 6.07) is 20.8. The van der Waals surface area contributed by atoms with Crippen LogP contribution in [-0.4, -0.2) is 24.2 Å². The van der Waals surface area contributed by atoms with Crippen LogP contribution in [-0.2, 0) is 0 Å². The molecule has 2 aromatic carbocycles. The van der Waals surface area contributed by atoms with Crippen LogP contribution < -0.4 is 10.2 Å². The second-order valence-corrected chi connectivity index (χ2v) is 6.97. The van der Waals surface area contributed by atoms with Crippen molar-refractivity contribution in [3.63, 3.8) is 0 Å². The molecule has 138 valence electrons. The summed E-state index contributed by atoms with van der Waals surface area (Å²) in [5.41, 5.74) is 5.35. The zero-order valence-corrected chi connectivity index (χ0v) is 15.9. The fourth-order valence-electron chi connectivity index (χ4n) is 2.94. The van der Waals surface area contributed by atoms with Gasteiger partial charge in [-0.2, -0.15) is 5.10 Å². The van der Waals surface area contributed by atoms with Gasteiger partial charge in [0.1, 0.15) is 5.75 Å². The highest BCUT2D eigenvalue weighted by atomic mass is 32.1. The van der Waals surface area contributed by atoms with E-state index < -0.39 is 0 Å². The van der Waals surface area contributed by atoms with Crippen molar-refractivity contribution in [3.8, 4) is 17.0 Å². The summed E-state index contributed by atoms with van der Waals surface area (Å²) in [5, 5.41) is 6.80. The van der Waals surface area contributed by atoms with E-state index in [1.807, 2.05) is 66.0 Å². The first-order valence-corrected chi connectivity index (χ1v) is 9.54. The van der Waals surface area contributed by atoms with Crippen LogP contribution in [0.1, 0.15) is 15.2 Å². The minimum absolute atomic E-state index is 0.289. The maximum Gasteiger partial charge on any atom is 0.272 e. The van der Waals surface area contributed by atoms with E-state index in [1.54, 1.807) is 30.7 Å². The third-order valence-electron chi connectivity index (χ3n) is 4.24. The number of hydrogen-bond donors (Lipinski definition) is 1. The van der Waals surface area contributed by atoms with E-state index in [9.17, 15) is 4.79 Å². The molecule has 1 N–H and O–H groups in total. The molecule has 2 heterocycles. The van der Waals surface area contributed by atoms with Crippen molar-refractivity contribution in [2.75, 3.05) is 7.11 Å². The van der Waals surface area contributed by atoms with Crippen LogP contribution in [0.15, 0.2) is 77.2 Å². The van der Waals surface area contributed by atoms with Crippen molar-refractivity contribution >= 4 is 34.4 Å². The van der Waals surface area contributed by atoms with Crippen LogP contribution in [0.2, 0.25) is 0 Å². The van der Waals surface area contributed by atoms with Crippen LogP contribution in [0.25, 0.3) is 22.2 Å². The predicted molar refractivity (Wildman–Crippen MR) is 113 cm³/mol. The Kier molecular flexibility index (Phi) is 5.12. The smallest absolute Gasteiger partial charge is 0.272 e. The molecule has 0 bridgehead atoms. The molecule has 6 heteroatoms. The van der Waals surface area contributed by atoms with Crippen molar-refractivity contribution in [2.45, 2.75) is 0 Å². The molecule has 5 nitrogen and oxygen atoms in total. The van der Waals surface area contributed by atoms with Crippen LogP contribution in [0, 0.1) is 0 Å². The quantitative estimate of drug-likeness (QED) is 0.397. The summed E-state index contributed by atoms with van der Waals surface area (Å²) in [5.74, 6) is 0.412. The zero-order valence-electron chi connectivity index (χ0n) is 15.1. The molecule has 0 aliphatic carbocycles. The predicted octanol–water partition coefficient (Wildman–Crippen LogP) is 4.74. The third-order valence-corrected chi connectivity index (χ3v) is 5.05. The lowest BCUT2D eigenvalue weighted by Gasteiger charge is -2.11. The van der Waals surface area contributed by atoms with Crippen LogP contribution in [0.4, 0.5) is 0 Å². The number of para-hydroxylation sites is 2. The van der Waals surface area contributed by atoms with Gasteiger partial charge in [-0.05, 0) is 35.7 Å². The molecule has 28 heavy (non-hydrogen) atoms. The van der Waals surface area contributed by atoms with Gasteiger partial charge in [0.15, 0.2) is 0 Å². The molecule has 0 atom stereocenters. The average Bonchev–Trinajstić information content (AvgIpc) is 3.26. The molecular weight excluding hydrogens is 370 g/mol. The highest BCUT2D eigenvalue weighted by Gasteiger charge is 2.15. The number of aromatic nitrogens is 1. The van der Waals surface area contributed by atoms with E-state index in [2.05, 4.69) is 10.5 Å². The molecule has 4 rings (SSSR count). The number of nitrogens with zero attached hydrogens (tertiary/aromatic N) is 2. The normalized spacial score (nSPS) is 11.0. The summed E-state index contributed by atoms with van der Waals surface area (Å²) in [7, 11) is 1.62. The molecule has 4 aromatic rings. The van der Waals surface area contributed by atoms with E-state index in [4.69, 9.17) is 9.72 Å². The Hall–Kier alpha value is -3.51. The number of nitrogens with one attached hydrogen (secondary N) is 1. The van der Waals surface area contributed by atoms with E-state index in [-0.39, 0.29) is 5.91 Å². The van der Waals surface area contributed by atoms with Gasteiger partial charge >= 0.3 is 0 Å². The van der Waals surface area contributed by atoms with Crippen molar-refractivity contribution in [2.24, 2.45) is 5.10 Å². The fraction of sp³-hybridized carbons (Fsp3) is 0.0455. The number of thiophene rings is 1. The van der Waals surface area contributed by atoms with Gasteiger partial charge in [-0.1, -0.05) is 36.4 Å². The molecule has 0 aliphatic heterocycles. The molecule has 1 amide bonds. The highest BCUT2D eigenvalue weighted by molar-refractivity contribution is 7.11. The number of carbonyl (C=O) groups is 1. The Morgan fingerprint density at radius 1 is 1.11 bits per heavy atom. The number of hydrazone groups is 1. The number of pyridine rings is 1. The van der Waals surface area contributed by atoms with Gasteiger partial charge in [0, 0.05) is 15.8 Å². The Morgan fingerprint density at radius 3 is 2.75 bits per heavy atom. The van der Waals surface area contributed by atoms with Gasteiger partial charge < -0.3 is 4.74 Å². The highest BCUT2D eigenvalue weighted by Crippen LogP contribution is 2.31. The van der Waals surface area contributed by atoms with Gasteiger partial charge in [-0.15, -0.1) is 11.3 Å². The molecule has 0 fully saturated rings. The number of methoxy groups -OCH3 is 1. The van der Waals surface area contributed by atoms with Crippen molar-refractivity contribution in [1.82, 2.24) is 10.4 Å². The summed E-state index contributed by atoms with van der Waals surface area (Å²) >= 11 is 1.55. The lowest BCUT2D eigenvalue weighted by Crippen LogP contribution is -2.18. The second kappa shape index (κ2) is 8.02. The first-order valence-electron chi connectivity index (χ1n) is 8.66. The fourth-order valence-corrected chi connectivity index (χ4v) is 3.52. The molecule has 2 aromatic heterocycles. The van der Waals surface area contributed by atoms with Gasteiger partial charge in [0.2, 0.25) is 0 Å². The van der Waals surface area contributed by atoms with E-state index in [0.29, 0.717) is 17.0 Å². The molecule has 0 spiro atoms. The van der Waals surface area contributed by atoms with E-state index in [0.717, 1.165) is 21.3 Å². The second-order valence-electron chi connectivity index (χ2n) is 5.99. The molecule has 0 saturated carbocycles. The molecular formula is C22H17N3O2S. The van der Waals surface area contributed by atoms with E-state index in [1.165, 1.54) is 0 Å². The number of amides is 1.